The van der Waals surface area contributed by atoms with Gasteiger partial charge in [0.05, 0.1) is 6.54 Å². The van der Waals surface area contributed by atoms with E-state index in [1.807, 2.05) is 19.9 Å². The molecule has 2 aliphatic rings. The molecule has 0 saturated carbocycles. The highest BCUT2D eigenvalue weighted by atomic mass is 16.2. The van der Waals surface area contributed by atoms with E-state index in [4.69, 9.17) is 0 Å². The SMILES string of the molecule is CC(C)CN1C(=O)NC(=O)C12CCN(C(=O)CNC(=O)c1ccccc1)CC2. The van der Waals surface area contributed by atoms with Gasteiger partial charge in [-0.25, -0.2) is 4.79 Å². The summed E-state index contributed by atoms with van der Waals surface area (Å²) in [6, 6.07) is 8.36. The highest BCUT2D eigenvalue weighted by Crippen LogP contribution is 2.33. The van der Waals surface area contributed by atoms with Crippen molar-refractivity contribution in [3.63, 3.8) is 0 Å². The van der Waals surface area contributed by atoms with Gasteiger partial charge in [-0.3, -0.25) is 19.7 Å². The summed E-state index contributed by atoms with van der Waals surface area (Å²) in [7, 11) is 0. The first-order valence-corrected chi connectivity index (χ1v) is 9.57. The van der Waals surface area contributed by atoms with Gasteiger partial charge in [0, 0.05) is 25.2 Å². The summed E-state index contributed by atoms with van der Waals surface area (Å²) in [4.78, 5) is 52.5. The van der Waals surface area contributed by atoms with Crippen molar-refractivity contribution in [2.45, 2.75) is 32.2 Å². The third-order valence-electron chi connectivity index (χ3n) is 5.33. The van der Waals surface area contributed by atoms with E-state index in [1.54, 1.807) is 34.1 Å². The van der Waals surface area contributed by atoms with E-state index in [0.29, 0.717) is 38.0 Å². The third kappa shape index (κ3) is 3.85. The number of imide groups is 1. The van der Waals surface area contributed by atoms with E-state index in [0.717, 1.165) is 0 Å². The monoisotopic (exact) mass is 386 g/mol. The number of hydrogen-bond donors (Lipinski definition) is 2. The van der Waals surface area contributed by atoms with E-state index in [9.17, 15) is 19.2 Å². The van der Waals surface area contributed by atoms with Crippen LogP contribution in [0.3, 0.4) is 0 Å². The maximum absolute atomic E-state index is 12.5. The molecule has 3 rings (SSSR count). The fourth-order valence-electron chi connectivity index (χ4n) is 3.80. The second-order valence-electron chi connectivity index (χ2n) is 7.72. The molecule has 28 heavy (non-hydrogen) atoms. The van der Waals surface area contributed by atoms with Gasteiger partial charge in [-0.05, 0) is 30.9 Å². The minimum absolute atomic E-state index is 0.0957. The fraction of sp³-hybridized carbons (Fsp3) is 0.500. The number of carbonyl (C=O) groups is 4. The summed E-state index contributed by atoms with van der Waals surface area (Å²) in [6.07, 6.45) is 0.797. The van der Waals surface area contributed by atoms with Gasteiger partial charge in [0.25, 0.3) is 11.8 Å². The van der Waals surface area contributed by atoms with Gasteiger partial charge in [0.1, 0.15) is 5.54 Å². The predicted molar refractivity (Wildman–Crippen MR) is 102 cm³/mol. The molecule has 8 nitrogen and oxygen atoms in total. The second kappa shape index (κ2) is 8.00. The van der Waals surface area contributed by atoms with Gasteiger partial charge in [-0.15, -0.1) is 0 Å². The molecule has 2 aliphatic heterocycles. The Morgan fingerprint density at radius 2 is 1.79 bits per heavy atom. The average Bonchev–Trinajstić information content (AvgIpc) is 2.90. The highest BCUT2D eigenvalue weighted by Gasteiger charge is 2.54. The Hall–Kier alpha value is -2.90. The molecule has 1 aromatic carbocycles. The Morgan fingerprint density at radius 1 is 1.14 bits per heavy atom. The minimum atomic E-state index is -0.870. The number of amides is 5. The molecule has 8 heteroatoms. The number of carbonyl (C=O) groups excluding carboxylic acids is 4. The molecule has 0 atom stereocenters. The lowest BCUT2D eigenvalue weighted by Crippen LogP contribution is -2.58. The van der Waals surface area contributed by atoms with Crippen molar-refractivity contribution < 1.29 is 19.2 Å². The van der Waals surface area contributed by atoms with Crippen molar-refractivity contribution >= 4 is 23.8 Å². The molecular formula is C20H26N4O4. The van der Waals surface area contributed by atoms with Crippen LogP contribution in [0.5, 0.6) is 0 Å². The molecule has 150 valence electrons. The number of hydrogen-bond acceptors (Lipinski definition) is 4. The van der Waals surface area contributed by atoms with E-state index in [1.165, 1.54) is 0 Å². The average molecular weight is 386 g/mol. The van der Waals surface area contributed by atoms with Crippen molar-refractivity contribution in [3.05, 3.63) is 35.9 Å². The van der Waals surface area contributed by atoms with Crippen LogP contribution in [0.4, 0.5) is 4.79 Å². The highest BCUT2D eigenvalue weighted by molar-refractivity contribution is 6.07. The number of piperidine rings is 1. The summed E-state index contributed by atoms with van der Waals surface area (Å²) in [5.74, 6) is -0.533. The van der Waals surface area contributed by atoms with Crippen LogP contribution in [0.25, 0.3) is 0 Å². The molecule has 2 heterocycles. The zero-order valence-corrected chi connectivity index (χ0v) is 16.2. The van der Waals surface area contributed by atoms with Gasteiger partial charge in [0.2, 0.25) is 5.91 Å². The van der Waals surface area contributed by atoms with Crippen LogP contribution in [-0.2, 0) is 9.59 Å². The Morgan fingerprint density at radius 3 is 2.39 bits per heavy atom. The van der Waals surface area contributed by atoms with Crippen LogP contribution >= 0.6 is 0 Å². The second-order valence-corrected chi connectivity index (χ2v) is 7.72. The van der Waals surface area contributed by atoms with Gasteiger partial charge >= 0.3 is 6.03 Å². The van der Waals surface area contributed by atoms with E-state index >= 15 is 0 Å². The van der Waals surface area contributed by atoms with E-state index < -0.39 is 5.54 Å². The lowest BCUT2D eigenvalue weighted by molar-refractivity contribution is -0.137. The van der Waals surface area contributed by atoms with Gasteiger partial charge in [-0.1, -0.05) is 32.0 Å². The molecule has 2 saturated heterocycles. The lowest BCUT2D eigenvalue weighted by atomic mass is 9.85. The zero-order valence-electron chi connectivity index (χ0n) is 16.2. The topological polar surface area (TPSA) is 98.8 Å². The van der Waals surface area contributed by atoms with Crippen LogP contribution in [0.2, 0.25) is 0 Å². The maximum Gasteiger partial charge on any atom is 0.325 e. The third-order valence-corrected chi connectivity index (χ3v) is 5.33. The van der Waals surface area contributed by atoms with Crippen LogP contribution in [0.1, 0.15) is 37.0 Å². The summed E-state index contributed by atoms with van der Waals surface area (Å²) >= 11 is 0. The molecule has 2 N–H and O–H groups in total. The largest absolute Gasteiger partial charge is 0.343 e. The van der Waals surface area contributed by atoms with Crippen molar-refractivity contribution in [1.82, 2.24) is 20.4 Å². The van der Waals surface area contributed by atoms with Gasteiger partial charge < -0.3 is 15.1 Å². The Labute approximate surface area is 164 Å². The van der Waals surface area contributed by atoms with Gasteiger partial charge in [-0.2, -0.15) is 0 Å². The number of benzene rings is 1. The van der Waals surface area contributed by atoms with E-state index in [2.05, 4.69) is 10.6 Å². The molecule has 5 amide bonds. The van der Waals surface area contributed by atoms with Crippen molar-refractivity contribution in [2.75, 3.05) is 26.2 Å². The van der Waals surface area contributed by atoms with Crippen LogP contribution in [-0.4, -0.2) is 65.3 Å². The van der Waals surface area contributed by atoms with Crippen molar-refractivity contribution in [1.29, 1.82) is 0 Å². The number of urea groups is 1. The van der Waals surface area contributed by atoms with Gasteiger partial charge in [0.15, 0.2) is 0 Å². The Balaban J connectivity index is 1.57. The van der Waals surface area contributed by atoms with E-state index in [-0.39, 0.29) is 36.2 Å². The molecule has 1 aromatic rings. The zero-order chi connectivity index (χ0) is 20.3. The number of nitrogens with one attached hydrogen (secondary N) is 2. The fourth-order valence-corrected chi connectivity index (χ4v) is 3.80. The molecular weight excluding hydrogens is 360 g/mol. The van der Waals surface area contributed by atoms with Crippen LogP contribution < -0.4 is 10.6 Å². The number of nitrogens with zero attached hydrogens (tertiary/aromatic N) is 2. The summed E-state index contributed by atoms with van der Waals surface area (Å²) in [5.41, 5.74) is -0.371. The van der Waals surface area contributed by atoms with Crippen molar-refractivity contribution in [3.8, 4) is 0 Å². The first kappa shape index (κ1) is 19.9. The summed E-state index contributed by atoms with van der Waals surface area (Å²) < 4.78 is 0. The first-order chi connectivity index (χ1) is 13.3. The normalized spacial score (nSPS) is 18.5. The molecule has 0 bridgehead atoms. The van der Waals surface area contributed by atoms with Crippen LogP contribution in [0, 0.1) is 5.92 Å². The summed E-state index contributed by atoms with van der Waals surface area (Å²) in [6.45, 7) is 5.14. The minimum Gasteiger partial charge on any atom is -0.343 e. The molecule has 2 fully saturated rings. The smallest absolute Gasteiger partial charge is 0.325 e. The number of likely N-dealkylation sites (tertiary alicyclic amines) is 1. The Bertz CT molecular complexity index is 770. The maximum atomic E-state index is 12.5. The standard InChI is InChI=1S/C20H26N4O4/c1-14(2)13-24-19(28)22-18(27)20(24)8-10-23(11-9-20)16(25)12-21-17(26)15-6-4-3-5-7-15/h3-7,14H,8-13H2,1-2H3,(H,21,26)(H,22,27,28). The molecule has 0 unspecified atom stereocenters. The first-order valence-electron chi connectivity index (χ1n) is 9.57. The van der Waals surface area contributed by atoms with Crippen molar-refractivity contribution in [2.24, 2.45) is 5.92 Å². The lowest BCUT2D eigenvalue weighted by Gasteiger charge is -2.42. The molecule has 1 spiro atoms. The quantitative estimate of drug-likeness (QED) is 0.737. The molecule has 0 aromatic heterocycles. The summed E-state index contributed by atoms with van der Waals surface area (Å²) in [5, 5.41) is 5.06. The number of rotatable bonds is 5. The molecule has 0 radical (unpaired) electrons. The Kier molecular flexibility index (Phi) is 5.67. The molecule has 0 aliphatic carbocycles. The predicted octanol–water partition coefficient (Wildman–Crippen LogP) is 0.985. The van der Waals surface area contributed by atoms with Crippen LogP contribution in [0.15, 0.2) is 30.3 Å².